The van der Waals surface area contributed by atoms with Gasteiger partial charge in [0.2, 0.25) is 0 Å². The van der Waals surface area contributed by atoms with Gasteiger partial charge >= 0.3 is 0 Å². The van der Waals surface area contributed by atoms with Crippen molar-refractivity contribution >= 4 is 38.8 Å². The number of hydrogen-bond acceptors (Lipinski definition) is 5. The number of amides is 1. The number of nitrogens with one attached hydrogen (secondary N) is 1. The van der Waals surface area contributed by atoms with Gasteiger partial charge in [-0.3, -0.25) is 4.79 Å². The molecule has 2 aromatic heterocycles. The molecular formula is C25H27N5OS. The van der Waals surface area contributed by atoms with Crippen molar-refractivity contribution in [1.29, 1.82) is 0 Å². The van der Waals surface area contributed by atoms with E-state index in [1.165, 1.54) is 17.0 Å². The number of aromatic nitrogens is 2. The summed E-state index contributed by atoms with van der Waals surface area (Å²) < 4.78 is 1.92. The lowest BCUT2D eigenvalue weighted by atomic mass is 10.1. The Labute approximate surface area is 192 Å². The molecular weight excluding hydrogens is 418 g/mol. The predicted octanol–water partition coefficient (Wildman–Crippen LogP) is 4.71. The van der Waals surface area contributed by atoms with Crippen molar-refractivity contribution in [2.24, 2.45) is 0 Å². The van der Waals surface area contributed by atoms with Crippen molar-refractivity contribution < 1.29 is 4.79 Å². The van der Waals surface area contributed by atoms with Gasteiger partial charge in [0, 0.05) is 42.9 Å². The lowest BCUT2D eigenvalue weighted by Gasteiger charge is -2.34. The first kappa shape index (κ1) is 20.7. The van der Waals surface area contributed by atoms with E-state index in [9.17, 15) is 4.79 Å². The topological polar surface area (TPSA) is 53.4 Å². The summed E-state index contributed by atoms with van der Waals surface area (Å²) in [4.78, 5) is 19.5. The number of carbonyl (C=O) groups is 1. The molecule has 6 nitrogen and oxygen atoms in total. The molecule has 4 aromatic rings. The standard InChI is InChI=1S/C25H27N5OS/c1-17-15-20(29-13-11-28(3)12-14-29)9-10-22(17)26-24(31)23-16-21-18(2)27-30(25(21)32-23)19-7-5-4-6-8-19/h4-10,15-16H,11-14H2,1-3H3,(H,26,31). The van der Waals surface area contributed by atoms with E-state index in [2.05, 4.69) is 46.3 Å². The molecule has 1 amide bonds. The molecule has 0 atom stereocenters. The third-order valence-corrected chi connectivity index (χ3v) is 7.21. The number of hydrogen-bond donors (Lipinski definition) is 1. The first-order valence-corrected chi connectivity index (χ1v) is 11.7. The van der Waals surface area contributed by atoms with Crippen molar-refractivity contribution in [3.63, 3.8) is 0 Å². The van der Waals surface area contributed by atoms with Crippen molar-refractivity contribution in [2.45, 2.75) is 13.8 Å². The van der Waals surface area contributed by atoms with Crippen LogP contribution < -0.4 is 10.2 Å². The van der Waals surface area contributed by atoms with Crippen molar-refractivity contribution in [3.05, 3.63) is 70.7 Å². The molecule has 1 saturated heterocycles. The summed E-state index contributed by atoms with van der Waals surface area (Å²) in [6, 6.07) is 18.3. The van der Waals surface area contributed by atoms with Gasteiger partial charge in [0.05, 0.1) is 16.3 Å². The Balaban J connectivity index is 1.37. The highest BCUT2D eigenvalue weighted by Gasteiger charge is 2.19. The van der Waals surface area contributed by atoms with E-state index >= 15 is 0 Å². The lowest BCUT2D eigenvalue weighted by Crippen LogP contribution is -2.44. The third-order valence-electron chi connectivity index (χ3n) is 6.10. The van der Waals surface area contributed by atoms with Crippen LogP contribution in [-0.2, 0) is 0 Å². The summed E-state index contributed by atoms with van der Waals surface area (Å²) in [6.45, 7) is 8.24. The first-order valence-electron chi connectivity index (χ1n) is 10.9. The zero-order chi connectivity index (χ0) is 22.2. The Morgan fingerprint density at radius 3 is 2.44 bits per heavy atom. The number of likely N-dealkylation sites (N-methyl/N-ethyl adjacent to an activating group) is 1. The SMILES string of the molecule is Cc1cc(N2CCN(C)CC2)ccc1NC(=O)c1cc2c(C)nn(-c3ccccc3)c2s1. The predicted molar refractivity (Wildman–Crippen MR) is 133 cm³/mol. The molecule has 7 heteroatoms. The summed E-state index contributed by atoms with van der Waals surface area (Å²) >= 11 is 1.47. The van der Waals surface area contributed by atoms with Gasteiger partial charge in [-0.05, 0) is 62.9 Å². The maximum absolute atomic E-state index is 13.1. The largest absolute Gasteiger partial charge is 0.369 e. The molecule has 1 aliphatic rings. The average Bonchev–Trinajstić information content (AvgIpc) is 3.37. The minimum atomic E-state index is -0.0827. The monoisotopic (exact) mass is 445 g/mol. The van der Waals surface area contributed by atoms with Gasteiger partial charge in [0.15, 0.2) is 0 Å². The highest BCUT2D eigenvalue weighted by Crippen LogP contribution is 2.31. The third kappa shape index (κ3) is 3.89. The second kappa shape index (κ2) is 8.41. The van der Waals surface area contributed by atoms with Crippen molar-refractivity contribution in [3.8, 4) is 5.69 Å². The van der Waals surface area contributed by atoms with Crippen molar-refractivity contribution in [1.82, 2.24) is 14.7 Å². The van der Waals surface area contributed by atoms with Crippen LogP contribution in [0.5, 0.6) is 0 Å². The van der Waals surface area contributed by atoms with Crippen LogP contribution in [-0.4, -0.2) is 53.8 Å². The number of rotatable bonds is 4. The van der Waals surface area contributed by atoms with E-state index in [-0.39, 0.29) is 5.91 Å². The van der Waals surface area contributed by atoms with Crippen LogP contribution in [0, 0.1) is 13.8 Å². The van der Waals surface area contributed by atoms with Gasteiger partial charge in [0.1, 0.15) is 4.83 Å². The fourth-order valence-corrected chi connectivity index (χ4v) is 5.21. The second-order valence-electron chi connectivity index (χ2n) is 8.41. The lowest BCUT2D eigenvalue weighted by molar-refractivity contribution is 0.103. The van der Waals surface area contributed by atoms with Crippen LogP contribution in [0.3, 0.4) is 0 Å². The van der Waals surface area contributed by atoms with Gasteiger partial charge in [-0.2, -0.15) is 5.10 Å². The zero-order valence-electron chi connectivity index (χ0n) is 18.6. The molecule has 1 fully saturated rings. The molecule has 0 saturated carbocycles. The fraction of sp³-hybridized carbons (Fsp3) is 0.280. The molecule has 1 aliphatic heterocycles. The molecule has 0 spiro atoms. The van der Waals surface area contributed by atoms with Crippen molar-refractivity contribution in [2.75, 3.05) is 43.4 Å². The second-order valence-corrected chi connectivity index (χ2v) is 9.44. The average molecular weight is 446 g/mol. The van der Waals surface area contributed by atoms with Crippen LogP contribution in [0.1, 0.15) is 20.9 Å². The zero-order valence-corrected chi connectivity index (χ0v) is 19.4. The van der Waals surface area contributed by atoms with Crippen LogP contribution in [0.15, 0.2) is 54.6 Å². The van der Waals surface area contributed by atoms with E-state index in [0.717, 1.165) is 59.0 Å². The van der Waals surface area contributed by atoms with E-state index in [1.807, 2.05) is 54.1 Å². The number of nitrogens with zero attached hydrogens (tertiary/aromatic N) is 4. The number of thiophene rings is 1. The smallest absolute Gasteiger partial charge is 0.265 e. The summed E-state index contributed by atoms with van der Waals surface area (Å²) in [5, 5.41) is 8.79. The number of fused-ring (bicyclic) bond motifs is 1. The van der Waals surface area contributed by atoms with E-state index < -0.39 is 0 Å². The molecule has 32 heavy (non-hydrogen) atoms. The van der Waals surface area contributed by atoms with Crippen LogP contribution in [0.25, 0.3) is 15.9 Å². The number of anilines is 2. The molecule has 5 rings (SSSR count). The first-order chi connectivity index (χ1) is 15.5. The maximum Gasteiger partial charge on any atom is 0.265 e. The van der Waals surface area contributed by atoms with Crippen LogP contribution in [0.4, 0.5) is 11.4 Å². The number of carbonyl (C=O) groups excluding carboxylic acids is 1. The van der Waals surface area contributed by atoms with E-state index in [4.69, 9.17) is 0 Å². The minimum absolute atomic E-state index is 0.0827. The molecule has 3 heterocycles. The Morgan fingerprint density at radius 2 is 1.72 bits per heavy atom. The van der Waals surface area contributed by atoms with E-state index in [0.29, 0.717) is 4.88 Å². The summed E-state index contributed by atoms with van der Waals surface area (Å²) in [5.41, 5.74) is 5.06. The molecule has 0 bridgehead atoms. The van der Waals surface area contributed by atoms with Gasteiger partial charge in [-0.1, -0.05) is 18.2 Å². The molecule has 2 aromatic carbocycles. The molecule has 0 radical (unpaired) electrons. The Kier molecular flexibility index (Phi) is 5.45. The van der Waals surface area contributed by atoms with Crippen LogP contribution >= 0.6 is 11.3 Å². The number of para-hydroxylation sites is 1. The van der Waals surface area contributed by atoms with Gasteiger partial charge in [-0.15, -0.1) is 11.3 Å². The van der Waals surface area contributed by atoms with Gasteiger partial charge in [-0.25, -0.2) is 4.68 Å². The highest BCUT2D eigenvalue weighted by atomic mass is 32.1. The molecule has 1 N–H and O–H groups in total. The number of piperazine rings is 1. The van der Waals surface area contributed by atoms with Gasteiger partial charge in [0.25, 0.3) is 5.91 Å². The summed E-state index contributed by atoms with van der Waals surface area (Å²) in [5.74, 6) is -0.0827. The Hall–Kier alpha value is -3.16. The minimum Gasteiger partial charge on any atom is -0.369 e. The van der Waals surface area contributed by atoms with Gasteiger partial charge < -0.3 is 15.1 Å². The molecule has 164 valence electrons. The number of aryl methyl sites for hydroxylation is 2. The fourth-order valence-electron chi connectivity index (χ4n) is 4.14. The highest BCUT2D eigenvalue weighted by molar-refractivity contribution is 7.20. The van der Waals surface area contributed by atoms with Crippen LogP contribution in [0.2, 0.25) is 0 Å². The normalized spacial score (nSPS) is 14.8. The summed E-state index contributed by atoms with van der Waals surface area (Å²) in [6.07, 6.45) is 0. The number of benzene rings is 2. The maximum atomic E-state index is 13.1. The van der Waals surface area contributed by atoms with E-state index in [1.54, 1.807) is 0 Å². The Morgan fingerprint density at radius 1 is 0.969 bits per heavy atom. The molecule has 0 aliphatic carbocycles. The summed E-state index contributed by atoms with van der Waals surface area (Å²) in [7, 11) is 2.16. The molecule has 0 unspecified atom stereocenters. The quantitative estimate of drug-likeness (QED) is 0.494. The Bertz CT molecular complexity index is 1270.